The van der Waals surface area contributed by atoms with Crippen LogP contribution in [0.4, 0.5) is 17.1 Å². The summed E-state index contributed by atoms with van der Waals surface area (Å²) in [4.78, 5) is 2.65. The van der Waals surface area contributed by atoms with Crippen molar-refractivity contribution in [1.29, 1.82) is 5.26 Å². The molecule has 27 heavy (non-hydrogen) atoms. The summed E-state index contributed by atoms with van der Waals surface area (Å²) in [5.74, 6) is 1.35. The molecule has 2 aromatic rings. The average Bonchev–Trinajstić information content (AvgIpc) is 2.94. The first-order valence-corrected chi connectivity index (χ1v) is 10.2. The molecule has 0 radical (unpaired) electrons. The number of hydrogen-bond acceptors (Lipinski definition) is 4. The third kappa shape index (κ3) is 2.96. The van der Waals surface area contributed by atoms with Crippen molar-refractivity contribution in [2.24, 2.45) is 5.92 Å². The number of nitrogens with one attached hydrogen (secondary N) is 2. The van der Waals surface area contributed by atoms with Crippen molar-refractivity contribution in [3.05, 3.63) is 53.1 Å². The zero-order valence-corrected chi connectivity index (χ0v) is 15.7. The summed E-state index contributed by atoms with van der Waals surface area (Å²) in [6, 6.07) is 14.7. The summed E-state index contributed by atoms with van der Waals surface area (Å²) < 4.78 is 0. The van der Waals surface area contributed by atoms with Crippen molar-refractivity contribution in [2.75, 3.05) is 36.4 Å². The number of hydrogen-bond donors (Lipinski definition) is 2. The first kappa shape index (κ1) is 16.6. The van der Waals surface area contributed by atoms with Gasteiger partial charge in [0.05, 0.1) is 11.3 Å². The second kappa shape index (κ2) is 6.90. The van der Waals surface area contributed by atoms with Crippen LogP contribution < -0.4 is 15.5 Å². The molecule has 2 aromatic carbocycles. The summed E-state index contributed by atoms with van der Waals surface area (Å²) in [7, 11) is 0. The Bertz CT molecular complexity index is 898. The first-order valence-electron chi connectivity index (χ1n) is 10.2. The van der Waals surface area contributed by atoms with E-state index in [1.807, 2.05) is 24.3 Å². The van der Waals surface area contributed by atoms with Crippen molar-refractivity contribution in [3.63, 3.8) is 0 Å². The van der Waals surface area contributed by atoms with Gasteiger partial charge in [0.25, 0.3) is 0 Å². The third-order valence-electron chi connectivity index (χ3n) is 6.45. The predicted molar refractivity (Wildman–Crippen MR) is 110 cm³/mol. The van der Waals surface area contributed by atoms with Crippen LogP contribution in [0, 0.1) is 17.2 Å². The molecular weight excluding hydrogens is 332 g/mol. The molecule has 0 saturated carbocycles. The molecule has 0 bridgehead atoms. The van der Waals surface area contributed by atoms with Gasteiger partial charge in [0.1, 0.15) is 6.07 Å². The van der Waals surface area contributed by atoms with E-state index >= 15 is 0 Å². The zero-order valence-electron chi connectivity index (χ0n) is 15.7. The highest BCUT2D eigenvalue weighted by Gasteiger charge is 2.36. The third-order valence-corrected chi connectivity index (χ3v) is 6.45. The highest BCUT2D eigenvalue weighted by atomic mass is 15.2. The van der Waals surface area contributed by atoms with E-state index in [2.05, 4.69) is 33.7 Å². The van der Waals surface area contributed by atoms with E-state index in [-0.39, 0.29) is 0 Å². The predicted octanol–water partition coefficient (Wildman–Crippen LogP) is 4.15. The van der Waals surface area contributed by atoms with Gasteiger partial charge in [-0.25, -0.2) is 0 Å². The number of anilines is 3. The Balaban J connectivity index is 1.58. The molecule has 2 atom stereocenters. The largest absolute Gasteiger partial charge is 0.371 e. The molecular formula is C23H26N4. The van der Waals surface area contributed by atoms with Gasteiger partial charge in [0, 0.05) is 36.9 Å². The fraction of sp³-hybridized carbons (Fsp3) is 0.435. The molecule has 0 amide bonds. The van der Waals surface area contributed by atoms with Crippen LogP contribution >= 0.6 is 0 Å². The number of fused-ring (bicyclic) bond motifs is 2. The van der Waals surface area contributed by atoms with E-state index in [1.54, 1.807) is 0 Å². The lowest BCUT2D eigenvalue weighted by molar-refractivity contribution is 0.385. The van der Waals surface area contributed by atoms with Crippen molar-refractivity contribution in [3.8, 4) is 6.07 Å². The molecule has 3 aliphatic heterocycles. The van der Waals surface area contributed by atoms with Crippen LogP contribution in [0.2, 0.25) is 0 Å². The Morgan fingerprint density at radius 3 is 3.04 bits per heavy atom. The van der Waals surface area contributed by atoms with Gasteiger partial charge < -0.3 is 15.5 Å². The zero-order chi connectivity index (χ0) is 18.2. The smallest absolute Gasteiger partial charge is 0.101 e. The molecule has 1 fully saturated rings. The van der Waals surface area contributed by atoms with Crippen LogP contribution in [-0.2, 0) is 6.42 Å². The molecule has 0 spiro atoms. The highest BCUT2D eigenvalue weighted by molar-refractivity contribution is 5.74. The lowest BCUT2D eigenvalue weighted by atomic mass is 9.77. The van der Waals surface area contributed by atoms with Crippen LogP contribution in [0.5, 0.6) is 0 Å². The summed E-state index contributed by atoms with van der Waals surface area (Å²) >= 11 is 0. The Morgan fingerprint density at radius 1 is 1.19 bits per heavy atom. The Labute approximate surface area is 161 Å². The van der Waals surface area contributed by atoms with Gasteiger partial charge in [-0.15, -0.1) is 0 Å². The van der Waals surface area contributed by atoms with Crippen molar-refractivity contribution in [2.45, 2.75) is 31.6 Å². The second-order valence-corrected chi connectivity index (χ2v) is 8.12. The second-order valence-electron chi connectivity index (χ2n) is 8.12. The van der Waals surface area contributed by atoms with E-state index < -0.39 is 0 Å². The van der Waals surface area contributed by atoms with Crippen LogP contribution in [0.15, 0.2) is 36.4 Å². The van der Waals surface area contributed by atoms with E-state index in [0.29, 0.717) is 11.5 Å². The number of nitriles is 1. The molecule has 0 aliphatic carbocycles. The van der Waals surface area contributed by atoms with Crippen LogP contribution in [0.3, 0.4) is 0 Å². The number of aryl methyl sites for hydroxylation is 1. The first-order chi connectivity index (χ1) is 13.3. The Kier molecular flexibility index (Phi) is 4.26. The molecule has 138 valence electrons. The van der Waals surface area contributed by atoms with Crippen molar-refractivity contribution < 1.29 is 0 Å². The van der Waals surface area contributed by atoms with E-state index in [1.165, 1.54) is 49.2 Å². The minimum atomic E-state index is 0.601. The fourth-order valence-corrected chi connectivity index (χ4v) is 5.23. The maximum Gasteiger partial charge on any atom is 0.101 e. The van der Waals surface area contributed by atoms with Gasteiger partial charge in [0.2, 0.25) is 0 Å². The van der Waals surface area contributed by atoms with Crippen LogP contribution in [-0.4, -0.2) is 26.2 Å². The number of para-hydroxylation sites is 1. The lowest BCUT2D eigenvalue weighted by Crippen LogP contribution is -2.42. The minimum absolute atomic E-state index is 0.601. The number of benzene rings is 2. The summed E-state index contributed by atoms with van der Waals surface area (Å²) in [6.45, 7) is 4.64. The van der Waals surface area contributed by atoms with Gasteiger partial charge in [-0.1, -0.05) is 12.1 Å². The van der Waals surface area contributed by atoms with E-state index in [9.17, 15) is 5.26 Å². The van der Waals surface area contributed by atoms with Gasteiger partial charge in [-0.3, -0.25) is 0 Å². The SMILES string of the molecule is N#Cc1ccccc1Nc1cc2c3c(c1)C1CNCCCC1CN3CCC2. The van der Waals surface area contributed by atoms with Gasteiger partial charge in [-0.05, 0) is 73.5 Å². The molecule has 0 aromatic heterocycles. The van der Waals surface area contributed by atoms with Gasteiger partial charge >= 0.3 is 0 Å². The molecule has 5 rings (SSSR count). The number of nitrogens with zero attached hydrogens (tertiary/aromatic N) is 2. The maximum atomic E-state index is 9.41. The monoisotopic (exact) mass is 358 g/mol. The molecule has 3 aliphatic rings. The van der Waals surface area contributed by atoms with Gasteiger partial charge in [-0.2, -0.15) is 5.26 Å². The maximum absolute atomic E-state index is 9.41. The molecule has 2 N–H and O–H groups in total. The Hall–Kier alpha value is -2.51. The van der Waals surface area contributed by atoms with E-state index in [0.717, 1.165) is 36.8 Å². The average molecular weight is 358 g/mol. The quantitative estimate of drug-likeness (QED) is 0.847. The van der Waals surface area contributed by atoms with Gasteiger partial charge in [0.15, 0.2) is 0 Å². The van der Waals surface area contributed by atoms with Crippen molar-refractivity contribution in [1.82, 2.24) is 5.32 Å². The number of rotatable bonds is 2. The van der Waals surface area contributed by atoms with Crippen LogP contribution in [0.1, 0.15) is 41.9 Å². The van der Waals surface area contributed by atoms with Crippen molar-refractivity contribution >= 4 is 17.1 Å². The molecule has 4 heteroatoms. The van der Waals surface area contributed by atoms with Crippen LogP contribution in [0.25, 0.3) is 0 Å². The summed E-state index contributed by atoms with van der Waals surface area (Å²) in [5, 5.41) is 16.6. The molecule has 2 unspecified atom stereocenters. The summed E-state index contributed by atoms with van der Waals surface area (Å²) in [6.07, 6.45) is 4.99. The normalized spacial score (nSPS) is 23.6. The Morgan fingerprint density at radius 2 is 2.11 bits per heavy atom. The molecule has 1 saturated heterocycles. The lowest BCUT2D eigenvalue weighted by Gasteiger charge is -2.44. The topological polar surface area (TPSA) is 51.1 Å². The fourth-order valence-electron chi connectivity index (χ4n) is 5.23. The highest BCUT2D eigenvalue weighted by Crippen LogP contribution is 2.46. The van der Waals surface area contributed by atoms with E-state index in [4.69, 9.17) is 0 Å². The minimum Gasteiger partial charge on any atom is -0.371 e. The molecule has 4 nitrogen and oxygen atoms in total. The molecule has 3 heterocycles. The summed E-state index contributed by atoms with van der Waals surface area (Å²) in [5.41, 5.74) is 7.20. The standard InChI is InChI=1S/C23H26N4/c24-13-17-5-1-2-8-22(17)26-19-11-16-7-4-10-27-15-18-6-3-9-25-14-21(18)20(12-19)23(16)27/h1-2,5,8,11-12,18,21,25-26H,3-4,6-7,9-10,14-15H2.